The van der Waals surface area contributed by atoms with Crippen LogP contribution in [0.25, 0.3) is 0 Å². The Morgan fingerprint density at radius 3 is 2.90 bits per heavy atom. The van der Waals surface area contributed by atoms with E-state index in [1.807, 2.05) is 0 Å². The Morgan fingerprint density at radius 2 is 2.19 bits per heavy atom. The molecule has 8 nitrogen and oxygen atoms in total. The average Bonchev–Trinajstić information content (AvgIpc) is 3.05. The number of carboxylic acid groups (broad SMARTS) is 1. The van der Waals surface area contributed by atoms with Gasteiger partial charge in [-0.2, -0.15) is 0 Å². The summed E-state index contributed by atoms with van der Waals surface area (Å²) in [4.78, 5) is 40.9. The molecule has 9 heteroatoms. The zero-order valence-corrected chi connectivity index (χ0v) is 11.7. The zero-order valence-electron chi connectivity index (χ0n) is 10.9. The van der Waals surface area contributed by atoms with Crippen molar-refractivity contribution in [3.8, 4) is 0 Å². The van der Waals surface area contributed by atoms with E-state index < -0.39 is 29.6 Å². The van der Waals surface area contributed by atoms with Crippen LogP contribution in [-0.2, 0) is 11.3 Å². The van der Waals surface area contributed by atoms with Gasteiger partial charge in [-0.25, -0.2) is 9.78 Å². The number of rotatable bonds is 2. The number of hydrogen-bond acceptors (Lipinski definition) is 6. The standard InChI is InChI=1S/C12H13N3O5S/c16-6-3-8(11(19)20)15(5-6)10(18)7-4-13-12-14(9(7)17)1-2-21-12/h4,6,8,16H,1-3,5H2,(H,19,20). The number of nitrogens with zero attached hydrogens (tertiary/aromatic N) is 3. The average molecular weight is 311 g/mol. The molecule has 0 radical (unpaired) electrons. The summed E-state index contributed by atoms with van der Waals surface area (Å²) in [5, 5.41) is 19.3. The molecule has 0 saturated carbocycles. The fourth-order valence-electron chi connectivity index (χ4n) is 2.59. The van der Waals surface area contributed by atoms with Crippen molar-refractivity contribution in [2.75, 3.05) is 12.3 Å². The number of β-amino-alcohol motifs (C(OH)–C–C–N with tert-alkyl or cyclic N) is 1. The van der Waals surface area contributed by atoms with Crippen LogP contribution >= 0.6 is 11.8 Å². The van der Waals surface area contributed by atoms with E-state index in [9.17, 15) is 19.5 Å². The van der Waals surface area contributed by atoms with Gasteiger partial charge in [0.2, 0.25) is 0 Å². The monoisotopic (exact) mass is 311 g/mol. The Labute approximate surface area is 123 Å². The normalized spacial score (nSPS) is 24.1. The van der Waals surface area contributed by atoms with Crippen molar-refractivity contribution in [3.63, 3.8) is 0 Å². The van der Waals surface area contributed by atoms with Gasteiger partial charge in [0.25, 0.3) is 11.5 Å². The molecule has 0 aliphatic carbocycles. The fraction of sp³-hybridized carbons (Fsp3) is 0.500. The van der Waals surface area contributed by atoms with Crippen molar-refractivity contribution in [3.05, 3.63) is 22.1 Å². The molecule has 1 aromatic rings. The van der Waals surface area contributed by atoms with E-state index in [4.69, 9.17) is 5.11 Å². The summed E-state index contributed by atoms with van der Waals surface area (Å²) in [6.07, 6.45) is 0.269. The minimum absolute atomic E-state index is 0.0311. The van der Waals surface area contributed by atoms with Gasteiger partial charge in [0.15, 0.2) is 5.16 Å². The van der Waals surface area contributed by atoms with Gasteiger partial charge in [-0.3, -0.25) is 14.2 Å². The van der Waals surface area contributed by atoms with E-state index in [1.165, 1.54) is 22.5 Å². The number of likely N-dealkylation sites (tertiary alicyclic amines) is 1. The van der Waals surface area contributed by atoms with Gasteiger partial charge in [0.05, 0.1) is 6.10 Å². The number of fused-ring (bicyclic) bond motifs is 1. The number of hydrogen-bond donors (Lipinski definition) is 2. The molecule has 2 aliphatic heterocycles. The first kappa shape index (κ1) is 14.1. The molecule has 2 aliphatic rings. The molecule has 0 spiro atoms. The Hall–Kier alpha value is -1.87. The second-order valence-corrected chi connectivity index (χ2v) is 6.02. The summed E-state index contributed by atoms with van der Waals surface area (Å²) in [5.74, 6) is -1.16. The van der Waals surface area contributed by atoms with Crippen molar-refractivity contribution in [2.24, 2.45) is 0 Å². The van der Waals surface area contributed by atoms with Crippen molar-refractivity contribution >= 4 is 23.6 Å². The van der Waals surface area contributed by atoms with Crippen LogP contribution in [-0.4, -0.2) is 61.0 Å². The van der Waals surface area contributed by atoms with Crippen molar-refractivity contribution in [1.82, 2.24) is 14.5 Å². The number of aliphatic hydroxyl groups excluding tert-OH is 1. The maximum Gasteiger partial charge on any atom is 0.326 e. The summed E-state index contributed by atoms with van der Waals surface area (Å²) in [7, 11) is 0. The lowest BCUT2D eigenvalue weighted by molar-refractivity contribution is -0.141. The van der Waals surface area contributed by atoms with Crippen LogP contribution in [0.3, 0.4) is 0 Å². The number of aliphatic carboxylic acids is 1. The maximum atomic E-state index is 12.4. The van der Waals surface area contributed by atoms with E-state index in [0.717, 1.165) is 10.7 Å². The highest BCUT2D eigenvalue weighted by atomic mass is 32.2. The number of thioether (sulfide) groups is 1. The second kappa shape index (κ2) is 5.15. The largest absolute Gasteiger partial charge is 0.480 e. The fourth-order valence-corrected chi connectivity index (χ4v) is 3.51. The third kappa shape index (κ3) is 2.32. The predicted octanol–water partition coefficient (Wildman–Crippen LogP) is -0.991. The summed E-state index contributed by atoms with van der Waals surface area (Å²) in [6.45, 7) is 0.393. The Balaban J connectivity index is 1.96. The maximum absolute atomic E-state index is 12.4. The van der Waals surface area contributed by atoms with Gasteiger partial charge in [-0.1, -0.05) is 11.8 Å². The van der Waals surface area contributed by atoms with Gasteiger partial charge in [-0.15, -0.1) is 0 Å². The van der Waals surface area contributed by atoms with Crippen LogP contribution in [0.15, 0.2) is 16.1 Å². The first-order valence-electron chi connectivity index (χ1n) is 6.43. The molecule has 0 aromatic carbocycles. The molecule has 0 bridgehead atoms. The van der Waals surface area contributed by atoms with Crippen LogP contribution in [0.1, 0.15) is 16.8 Å². The third-order valence-corrected chi connectivity index (χ3v) is 4.58. The predicted molar refractivity (Wildman–Crippen MR) is 72.3 cm³/mol. The summed E-state index contributed by atoms with van der Waals surface area (Å²) < 4.78 is 1.42. The van der Waals surface area contributed by atoms with Gasteiger partial charge in [-0.05, 0) is 0 Å². The highest BCUT2D eigenvalue weighted by molar-refractivity contribution is 7.99. The summed E-state index contributed by atoms with van der Waals surface area (Å²) >= 11 is 1.43. The number of carbonyl (C=O) groups is 2. The van der Waals surface area contributed by atoms with Crippen LogP contribution in [0.4, 0.5) is 0 Å². The highest BCUT2D eigenvalue weighted by Crippen LogP contribution is 2.23. The zero-order chi connectivity index (χ0) is 15.1. The Bertz CT molecular complexity index is 673. The number of carboxylic acids is 1. The molecule has 1 saturated heterocycles. The molecular formula is C12H13N3O5S. The Kier molecular flexibility index (Phi) is 3.46. The van der Waals surface area contributed by atoms with Gasteiger partial charge in [0, 0.05) is 31.5 Å². The van der Waals surface area contributed by atoms with Gasteiger partial charge < -0.3 is 15.1 Å². The molecule has 112 valence electrons. The number of amides is 1. The smallest absolute Gasteiger partial charge is 0.326 e. The second-order valence-electron chi connectivity index (χ2n) is 4.96. The molecular weight excluding hydrogens is 298 g/mol. The quantitative estimate of drug-likeness (QED) is 0.674. The number of carbonyl (C=O) groups excluding carboxylic acids is 1. The first-order chi connectivity index (χ1) is 9.99. The van der Waals surface area contributed by atoms with Crippen LogP contribution < -0.4 is 5.56 Å². The molecule has 3 heterocycles. The molecule has 3 rings (SSSR count). The lowest BCUT2D eigenvalue weighted by atomic mass is 10.2. The van der Waals surface area contributed by atoms with Gasteiger partial charge in [0.1, 0.15) is 11.6 Å². The topological polar surface area (TPSA) is 113 Å². The van der Waals surface area contributed by atoms with E-state index in [2.05, 4.69) is 4.98 Å². The summed E-state index contributed by atoms with van der Waals surface area (Å²) in [6, 6.07) is -1.11. The molecule has 1 aromatic heterocycles. The van der Waals surface area contributed by atoms with Crippen LogP contribution in [0.2, 0.25) is 0 Å². The molecule has 1 fully saturated rings. The third-order valence-electron chi connectivity index (χ3n) is 3.61. The molecule has 21 heavy (non-hydrogen) atoms. The van der Waals surface area contributed by atoms with E-state index >= 15 is 0 Å². The van der Waals surface area contributed by atoms with Crippen LogP contribution in [0.5, 0.6) is 0 Å². The lowest BCUT2D eigenvalue weighted by Gasteiger charge is -2.20. The minimum atomic E-state index is -1.19. The van der Waals surface area contributed by atoms with Crippen molar-refractivity contribution in [1.29, 1.82) is 0 Å². The van der Waals surface area contributed by atoms with E-state index in [1.54, 1.807) is 0 Å². The van der Waals surface area contributed by atoms with Gasteiger partial charge >= 0.3 is 5.97 Å². The summed E-state index contributed by atoms with van der Waals surface area (Å²) in [5.41, 5.74) is -0.609. The lowest BCUT2D eigenvalue weighted by Crippen LogP contribution is -2.43. The van der Waals surface area contributed by atoms with E-state index in [-0.39, 0.29) is 18.5 Å². The highest BCUT2D eigenvalue weighted by Gasteiger charge is 2.40. The number of aromatic nitrogens is 2. The van der Waals surface area contributed by atoms with E-state index in [0.29, 0.717) is 11.7 Å². The Morgan fingerprint density at radius 1 is 1.43 bits per heavy atom. The van der Waals surface area contributed by atoms with Crippen molar-refractivity contribution in [2.45, 2.75) is 30.3 Å². The molecule has 2 N–H and O–H groups in total. The molecule has 2 atom stereocenters. The molecule has 1 amide bonds. The number of aliphatic hydroxyl groups is 1. The first-order valence-corrected chi connectivity index (χ1v) is 7.42. The molecule has 2 unspecified atom stereocenters. The minimum Gasteiger partial charge on any atom is -0.480 e. The SMILES string of the molecule is O=C(O)C1CC(O)CN1C(=O)c1cnc2n(c1=O)CCS2. The van der Waals surface area contributed by atoms with Crippen LogP contribution in [0, 0.1) is 0 Å². The van der Waals surface area contributed by atoms with Crippen molar-refractivity contribution < 1.29 is 19.8 Å².